The molecule has 0 aliphatic rings. The van der Waals surface area contributed by atoms with E-state index in [4.69, 9.17) is 10.4 Å². The summed E-state index contributed by atoms with van der Waals surface area (Å²) < 4.78 is 13.1. The standard InChI is InChI=1S/C9H7FN2O4/c10-6-3-1-2-5(8(6)12(15)16)9(14)7(13)4-11/h1-3,7,9,13-14H. The van der Waals surface area contributed by atoms with Crippen molar-refractivity contribution in [2.45, 2.75) is 12.2 Å². The number of nitriles is 1. The van der Waals surface area contributed by atoms with Gasteiger partial charge in [0.15, 0.2) is 6.10 Å². The molecule has 1 aromatic rings. The number of aliphatic hydroxyl groups is 2. The van der Waals surface area contributed by atoms with Crippen LogP contribution in [0.2, 0.25) is 0 Å². The van der Waals surface area contributed by atoms with E-state index in [1.807, 2.05) is 0 Å². The molecule has 0 spiro atoms. The zero-order valence-corrected chi connectivity index (χ0v) is 7.87. The first kappa shape index (κ1) is 12.0. The van der Waals surface area contributed by atoms with Gasteiger partial charge < -0.3 is 10.2 Å². The first-order valence-electron chi connectivity index (χ1n) is 4.17. The van der Waals surface area contributed by atoms with E-state index in [-0.39, 0.29) is 0 Å². The molecule has 84 valence electrons. The number of benzene rings is 1. The van der Waals surface area contributed by atoms with E-state index in [0.29, 0.717) is 0 Å². The van der Waals surface area contributed by atoms with E-state index in [2.05, 4.69) is 0 Å². The van der Waals surface area contributed by atoms with Gasteiger partial charge >= 0.3 is 5.69 Å². The Hall–Kier alpha value is -2.04. The number of hydrogen-bond donors (Lipinski definition) is 2. The highest BCUT2D eigenvalue weighted by molar-refractivity contribution is 5.43. The number of halogens is 1. The van der Waals surface area contributed by atoms with Crippen molar-refractivity contribution in [3.8, 4) is 6.07 Å². The molecule has 2 atom stereocenters. The van der Waals surface area contributed by atoms with E-state index in [9.17, 15) is 19.6 Å². The van der Waals surface area contributed by atoms with Gasteiger partial charge in [0.1, 0.15) is 6.10 Å². The molecule has 1 aromatic carbocycles. The minimum Gasteiger partial charge on any atom is -0.384 e. The average molecular weight is 226 g/mol. The molecule has 0 amide bonds. The van der Waals surface area contributed by atoms with Gasteiger partial charge in [0.2, 0.25) is 5.82 Å². The van der Waals surface area contributed by atoms with Crippen LogP contribution in [-0.2, 0) is 0 Å². The van der Waals surface area contributed by atoms with Crippen molar-refractivity contribution in [1.82, 2.24) is 0 Å². The fraction of sp³-hybridized carbons (Fsp3) is 0.222. The lowest BCUT2D eigenvalue weighted by Gasteiger charge is -2.12. The van der Waals surface area contributed by atoms with Crippen molar-refractivity contribution in [2.24, 2.45) is 0 Å². The van der Waals surface area contributed by atoms with Gasteiger partial charge in [-0.1, -0.05) is 6.07 Å². The van der Waals surface area contributed by atoms with Gasteiger partial charge in [0, 0.05) is 0 Å². The Morgan fingerprint density at radius 1 is 1.50 bits per heavy atom. The molecule has 0 saturated carbocycles. The average Bonchev–Trinajstić information content (AvgIpc) is 2.26. The van der Waals surface area contributed by atoms with Crippen molar-refractivity contribution in [3.63, 3.8) is 0 Å². The van der Waals surface area contributed by atoms with Gasteiger partial charge in [-0.15, -0.1) is 0 Å². The van der Waals surface area contributed by atoms with Gasteiger partial charge in [-0.25, -0.2) is 0 Å². The monoisotopic (exact) mass is 226 g/mol. The Morgan fingerprint density at radius 2 is 2.12 bits per heavy atom. The number of aliphatic hydroxyl groups excluding tert-OH is 2. The molecule has 0 aliphatic carbocycles. The summed E-state index contributed by atoms with van der Waals surface area (Å²) in [5, 5.41) is 37.3. The Morgan fingerprint density at radius 3 is 2.62 bits per heavy atom. The van der Waals surface area contributed by atoms with Crippen LogP contribution in [0.3, 0.4) is 0 Å². The number of para-hydroxylation sites is 1. The van der Waals surface area contributed by atoms with Crippen LogP contribution in [0.1, 0.15) is 11.7 Å². The topological polar surface area (TPSA) is 107 Å². The van der Waals surface area contributed by atoms with E-state index in [1.54, 1.807) is 0 Å². The molecule has 0 bridgehead atoms. The maximum absolute atomic E-state index is 13.1. The van der Waals surface area contributed by atoms with Gasteiger partial charge in [-0.3, -0.25) is 10.1 Å². The number of nitrogens with zero attached hydrogens (tertiary/aromatic N) is 2. The van der Waals surface area contributed by atoms with Crippen LogP contribution in [0.4, 0.5) is 10.1 Å². The molecule has 2 unspecified atom stereocenters. The summed E-state index contributed by atoms with van der Waals surface area (Å²) in [6, 6.07) is 4.38. The molecule has 0 aromatic heterocycles. The van der Waals surface area contributed by atoms with Crippen LogP contribution >= 0.6 is 0 Å². The fourth-order valence-electron chi connectivity index (χ4n) is 1.20. The van der Waals surface area contributed by atoms with Gasteiger partial charge in [-0.2, -0.15) is 9.65 Å². The largest absolute Gasteiger partial charge is 0.384 e. The Bertz CT molecular complexity index is 457. The van der Waals surface area contributed by atoms with Crippen molar-refractivity contribution in [2.75, 3.05) is 0 Å². The third-order valence-electron chi connectivity index (χ3n) is 1.95. The third kappa shape index (κ3) is 2.13. The van der Waals surface area contributed by atoms with Crippen LogP contribution in [0, 0.1) is 27.3 Å². The molecule has 0 aliphatic heterocycles. The molecule has 0 heterocycles. The summed E-state index contributed by atoms with van der Waals surface area (Å²) in [5.41, 5.74) is -1.37. The van der Waals surface area contributed by atoms with Crippen LogP contribution in [0.5, 0.6) is 0 Å². The first-order valence-corrected chi connectivity index (χ1v) is 4.17. The molecular formula is C9H7FN2O4. The Balaban J connectivity index is 3.29. The van der Waals surface area contributed by atoms with Gasteiger partial charge in [0.25, 0.3) is 0 Å². The molecule has 0 fully saturated rings. The Labute approximate surface area is 89.3 Å². The zero-order chi connectivity index (χ0) is 12.3. The minimum atomic E-state index is -1.85. The molecule has 16 heavy (non-hydrogen) atoms. The van der Waals surface area contributed by atoms with Gasteiger partial charge in [0.05, 0.1) is 16.6 Å². The van der Waals surface area contributed by atoms with Crippen LogP contribution in [0.15, 0.2) is 18.2 Å². The minimum absolute atomic E-state index is 0.431. The maximum Gasteiger partial charge on any atom is 0.310 e. The lowest BCUT2D eigenvalue weighted by molar-refractivity contribution is -0.389. The molecule has 1 rings (SSSR count). The summed E-state index contributed by atoms with van der Waals surface area (Å²) in [7, 11) is 0. The predicted octanol–water partition coefficient (Wildman–Crippen LogP) is 0.652. The molecular weight excluding hydrogens is 219 g/mol. The van der Waals surface area contributed by atoms with Crippen molar-refractivity contribution in [3.05, 3.63) is 39.7 Å². The lowest BCUT2D eigenvalue weighted by Crippen LogP contribution is -2.17. The molecule has 7 heteroatoms. The van der Waals surface area contributed by atoms with Crippen molar-refractivity contribution >= 4 is 5.69 Å². The highest BCUT2D eigenvalue weighted by Gasteiger charge is 2.28. The first-order chi connectivity index (χ1) is 7.49. The number of nitro benzene ring substituents is 1. The number of nitro groups is 1. The van der Waals surface area contributed by atoms with Crippen molar-refractivity contribution < 1.29 is 19.5 Å². The van der Waals surface area contributed by atoms with Crippen LogP contribution < -0.4 is 0 Å². The number of hydrogen-bond acceptors (Lipinski definition) is 5. The summed E-state index contributed by atoms with van der Waals surface area (Å²) in [4.78, 5) is 9.53. The van der Waals surface area contributed by atoms with E-state index in [1.165, 1.54) is 6.07 Å². The van der Waals surface area contributed by atoms with Crippen molar-refractivity contribution in [1.29, 1.82) is 5.26 Å². The van der Waals surface area contributed by atoms with E-state index >= 15 is 0 Å². The molecule has 0 saturated heterocycles. The summed E-state index contributed by atoms with van der Waals surface area (Å²) >= 11 is 0. The van der Waals surface area contributed by atoms with E-state index < -0.39 is 34.2 Å². The fourth-order valence-corrected chi connectivity index (χ4v) is 1.20. The quantitative estimate of drug-likeness (QED) is 0.447. The SMILES string of the molecule is N#CC(O)C(O)c1cccc(F)c1[N+](=O)[O-]. The summed E-state index contributed by atoms with van der Waals surface area (Å²) in [6.07, 6.45) is -3.67. The summed E-state index contributed by atoms with van der Waals surface area (Å²) in [5.74, 6) is -1.13. The highest BCUT2D eigenvalue weighted by Crippen LogP contribution is 2.29. The smallest absolute Gasteiger partial charge is 0.310 e. The second-order valence-electron chi connectivity index (χ2n) is 2.95. The zero-order valence-electron chi connectivity index (χ0n) is 7.87. The molecule has 0 radical (unpaired) electrons. The molecule has 2 N–H and O–H groups in total. The normalized spacial score (nSPS) is 13.9. The maximum atomic E-state index is 13.1. The van der Waals surface area contributed by atoms with Crippen LogP contribution in [-0.4, -0.2) is 21.2 Å². The number of rotatable bonds is 3. The Kier molecular flexibility index (Phi) is 3.50. The second-order valence-corrected chi connectivity index (χ2v) is 2.95. The third-order valence-corrected chi connectivity index (χ3v) is 1.95. The highest BCUT2D eigenvalue weighted by atomic mass is 19.1. The predicted molar refractivity (Wildman–Crippen MR) is 49.6 cm³/mol. The van der Waals surface area contributed by atoms with Gasteiger partial charge in [-0.05, 0) is 12.1 Å². The van der Waals surface area contributed by atoms with E-state index in [0.717, 1.165) is 18.2 Å². The van der Waals surface area contributed by atoms with Crippen LogP contribution in [0.25, 0.3) is 0 Å². The molecule has 6 nitrogen and oxygen atoms in total. The lowest BCUT2D eigenvalue weighted by atomic mass is 10.0. The summed E-state index contributed by atoms with van der Waals surface area (Å²) in [6.45, 7) is 0. The second kappa shape index (κ2) is 4.65.